The first-order valence-corrected chi connectivity index (χ1v) is 10.5. The molecule has 0 aliphatic carbocycles. The fourth-order valence-corrected chi connectivity index (χ4v) is 4.88. The van der Waals surface area contributed by atoms with Gasteiger partial charge in [0.05, 0.1) is 6.26 Å². The molecule has 0 aromatic carbocycles. The van der Waals surface area contributed by atoms with Crippen LogP contribution in [0.5, 0.6) is 0 Å². The molecule has 0 fully saturated rings. The highest BCUT2D eigenvalue weighted by atomic mass is 32.2. The molecule has 2 atom stereocenters. The van der Waals surface area contributed by atoms with Crippen molar-refractivity contribution in [1.29, 1.82) is 0 Å². The Balaban J connectivity index is -0.000000602. The van der Waals surface area contributed by atoms with Crippen LogP contribution in [0, 0.1) is 11.3 Å². The Morgan fingerprint density at radius 1 is 1.00 bits per heavy atom. The Morgan fingerprint density at radius 2 is 1.39 bits per heavy atom. The molecule has 0 saturated heterocycles. The summed E-state index contributed by atoms with van der Waals surface area (Å²) in [6.45, 7) is 12.5. The van der Waals surface area contributed by atoms with Crippen molar-refractivity contribution in [1.82, 2.24) is 4.31 Å². The van der Waals surface area contributed by atoms with Crippen LogP contribution >= 0.6 is 0 Å². The second-order valence-electron chi connectivity index (χ2n) is 7.84. The molecule has 0 saturated carbocycles. The lowest BCUT2D eigenvalue weighted by molar-refractivity contribution is 0.197. The zero-order valence-electron chi connectivity index (χ0n) is 14.2. The monoisotopic (exact) mass is 373 g/mol. The van der Waals surface area contributed by atoms with Gasteiger partial charge in [0.25, 0.3) is 0 Å². The van der Waals surface area contributed by atoms with Crippen LogP contribution in [0.3, 0.4) is 0 Å². The van der Waals surface area contributed by atoms with E-state index in [2.05, 4.69) is 20.8 Å². The number of hydrogen-bond acceptors (Lipinski definition) is 3. The second kappa shape index (κ2) is 10.8. The Kier molecular flexibility index (Phi) is 14.5. The molecule has 0 amide bonds. The third kappa shape index (κ3) is 14.1. The highest BCUT2D eigenvalue weighted by molar-refractivity contribution is 7.88. The summed E-state index contributed by atoms with van der Waals surface area (Å²) in [5.74, 6) is 0.647. The van der Waals surface area contributed by atoms with Crippen molar-refractivity contribution in [2.45, 2.75) is 75.8 Å². The second-order valence-corrected chi connectivity index (χ2v) is 11.2. The molecule has 23 heavy (non-hydrogen) atoms. The Hall–Kier alpha value is 0.0600. The maximum atomic E-state index is 12.0. The zero-order valence-corrected chi connectivity index (χ0v) is 15.8. The predicted octanol–water partition coefficient (Wildman–Crippen LogP) is 4.39. The van der Waals surface area contributed by atoms with Gasteiger partial charge >= 0.3 is 0 Å². The van der Waals surface area contributed by atoms with Gasteiger partial charge in [-0.3, -0.25) is 4.21 Å². The molecule has 6 heteroatoms. The van der Waals surface area contributed by atoms with Gasteiger partial charge in [-0.05, 0) is 38.5 Å². The van der Waals surface area contributed by atoms with Gasteiger partial charge < -0.3 is 0 Å². The number of nitrogens with zero attached hydrogens (tertiary/aromatic N) is 1. The summed E-state index contributed by atoms with van der Waals surface area (Å²) in [4.78, 5) is 0. The molecular weight excluding hydrogens is 330 g/mol. The van der Waals surface area contributed by atoms with Gasteiger partial charge in [-0.15, -0.1) is 0 Å². The van der Waals surface area contributed by atoms with Crippen molar-refractivity contribution in [3.05, 3.63) is 0 Å². The fourth-order valence-electron chi connectivity index (χ4n) is 2.52. The zero-order chi connectivity index (χ0) is 16.4. The van der Waals surface area contributed by atoms with Gasteiger partial charge in [-0.25, -0.2) is 8.42 Å². The quantitative estimate of drug-likeness (QED) is 0.694. The maximum Gasteiger partial charge on any atom is 0.211 e. The molecule has 146 valence electrons. The largest absolute Gasteiger partial charge is 0.260 e. The average molecular weight is 374 g/mol. The summed E-state index contributed by atoms with van der Waals surface area (Å²) in [6.07, 6.45) is 3.78. The molecule has 0 radical (unpaired) electrons. The minimum Gasteiger partial charge on any atom is -0.260 e. The van der Waals surface area contributed by atoms with Gasteiger partial charge in [0.1, 0.15) is 0 Å². The lowest BCUT2D eigenvalue weighted by Gasteiger charge is -2.37. The fraction of sp³-hybridized carbons (Fsp3) is 1.00. The summed E-state index contributed by atoms with van der Waals surface area (Å²) < 4.78 is 37.1. The molecule has 0 aliphatic heterocycles. The molecule has 0 aromatic rings. The van der Waals surface area contributed by atoms with Crippen molar-refractivity contribution < 1.29 is 12.6 Å². The van der Waals surface area contributed by atoms with Gasteiger partial charge in [0, 0.05) is 34.9 Å². The van der Waals surface area contributed by atoms with E-state index in [1.807, 2.05) is 20.8 Å². The lowest BCUT2D eigenvalue weighted by atomic mass is 9.85. The molecule has 0 spiro atoms. The van der Waals surface area contributed by atoms with Crippen molar-refractivity contribution in [3.63, 3.8) is 0 Å². The van der Waals surface area contributed by atoms with E-state index < -0.39 is 26.4 Å². The molecule has 0 rings (SSSR count). The molecule has 0 heterocycles. The van der Waals surface area contributed by atoms with Crippen LogP contribution in [0.1, 0.15) is 70.2 Å². The van der Waals surface area contributed by atoms with Gasteiger partial charge in [-0.1, -0.05) is 43.1 Å². The summed E-state index contributed by atoms with van der Waals surface area (Å²) in [5.41, 5.74) is -0.371. The van der Waals surface area contributed by atoms with Crippen LogP contribution in [0.25, 0.3) is 0 Å². The standard InChI is InChI=1S/C14H31NO3S2.3CH4/c1-13(2,3)9-12(11-19(7)16)10-15(14(4,5)6)20(8,17)18;;;/h12H,9-11H2,1-8H3;3*1H4/t12?,19-;;;/m0.../s1. The van der Waals surface area contributed by atoms with E-state index in [-0.39, 0.29) is 33.6 Å². The first-order chi connectivity index (χ1) is 8.63. The molecule has 4 nitrogen and oxygen atoms in total. The minimum atomic E-state index is -3.27. The smallest absolute Gasteiger partial charge is 0.211 e. The number of hydrogen-bond donors (Lipinski definition) is 0. The topological polar surface area (TPSA) is 54.5 Å². The SMILES string of the molecule is C.C.C.C[S@](=O)CC(CN(C(C)(C)C)S(C)(=O)=O)CC(C)(C)C. The molecule has 0 N–H and O–H groups in total. The average Bonchev–Trinajstić information content (AvgIpc) is 2.06. The third-order valence-electron chi connectivity index (χ3n) is 2.94. The van der Waals surface area contributed by atoms with E-state index in [9.17, 15) is 12.6 Å². The number of rotatable bonds is 6. The van der Waals surface area contributed by atoms with Crippen LogP contribution in [-0.2, 0) is 20.8 Å². The van der Waals surface area contributed by atoms with Gasteiger partial charge in [0.2, 0.25) is 10.0 Å². The van der Waals surface area contributed by atoms with Gasteiger partial charge in [0.15, 0.2) is 0 Å². The summed E-state index contributed by atoms with van der Waals surface area (Å²) >= 11 is 0. The van der Waals surface area contributed by atoms with Gasteiger partial charge in [-0.2, -0.15) is 4.31 Å². The van der Waals surface area contributed by atoms with E-state index in [0.29, 0.717) is 12.3 Å². The van der Waals surface area contributed by atoms with Crippen molar-refractivity contribution in [3.8, 4) is 0 Å². The normalized spacial score (nSPS) is 15.0. The first kappa shape index (κ1) is 30.9. The first-order valence-electron chi connectivity index (χ1n) is 6.91. The van der Waals surface area contributed by atoms with Crippen LogP contribution in [-0.4, -0.2) is 47.3 Å². The van der Waals surface area contributed by atoms with E-state index >= 15 is 0 Å². The lowest BCUT2D eigenvalue weighted by Crippen LogP contribution is -2.48. The summed E-state index contributed by atoms with van der Waals surface area (Å²) in [7, 11) is -4.20. The third-order valence-corrected chi connectivity index (χ3v) is 5.38. The molecular formula is C17H43NO3S2. The van der Waals surface area contributed by atoms with Crippen molar-refractivity contribution >= 4 is 20.8 Å². The summed E-state index contributed by atoms with van der Waals surface area (Å²) in [6, 6.07) is 0. The van der Waals surface area contributed by atoms with Crippen LogP contribution in [0.15, 0.2) is 0 Å². The van der Waals surface area contributed by atoms with Crippen molar-refractivity contribution in [2.24, 2.45) is 11.3 Å². The Morgan fingerprint density at radius 3 is 1.61 bits per heavy atom. The highest BCUT2D eigenvalue weighted by Crippen LogP contribution is 2.28. The van der Waals surface area contributed by atoms with E-state index in [1.54, 1.807) is 6.26 Å². The van der Waals surface area contributed by atoms with E-state index in [1.165, 1.54) is 10.6 Å². The van der Waals surface area contributed by atoms with E-state index in [4.69, 9.17) is 0 Å². The summed E-state index contributed by atoms with van der Waals surface area (Å²) in [5, 5.41) is 0. The molecule has 0 aliphatic rings. The highest BCUT2D eigenvalue weighted by Gasteiger charge is 2.33. The predicted molar refractivity (Wildman–Crippen MR) is 108 cm³/mol. The Bertz CT molecular complexity index is 432. The van der Waals surface area contributed by atoms with E-state index in [0.717, 1.165) is 6.42 Å². The Labute approximate surface area is 149 Å². The van der Waals surface area contributed by atoms with Crippen LogP contribution < -0.4 is 0 Å². The molecule has 0 aromatic heterocycles. The minimum absolute atomic E-state index is 0. The van der Waals surface area contributed by atoms with Crippen LogP contribution in [0.4, 0.5) is 0 Å². The van der Waals surface area contributed by atoms with Crippen molar-refractivity contribution in [2.75, 3.05) is 24.8 Å². The molecule has 0 bridgehead atoms. The molecule has 1 unspecified atom stereocenters. The number of sulfonamides is 1. The van der Waals surface area contributed by atoms with Crippen LogP contribution in [0.2, 0.25) is 0 Å². The maximum absolute atomic E-state index is 12.0.